The predicted molar refractivity (Wildman–Crippen MR) is 150 cm³/mol. The molecule has 0 saturated carbocycles. The predicted octanol–water partition coefficient (Wildman–Crippen LogP) is 3.78. The zero-order chi connectivity index (χ0) is 27.9. The summed E-state index contributed by atoms with van der Waals surface area (Å²) in [6.07, 6.45) is -1.01. The first-order valence-corrected chi connectivity index (χ1v) is 13.7. The van der Waals surface area contributed by atoms with Crippen LogP contribution in [0, 0.1) is 5.41 Å². The van der Waals surface area contributed by atoms with Crippen molar-refractivity contribution in [3.63, 3.8) is 0 Å². The topological polar surface area (TPSA) is 138 Å². The van der Waals surface area contributed by atoms with Crippen LogP contribution in [0.15, 0.2) is 71.6 Å². The number of hydrogen-bond donors (Lipinski definition) is 4. The van der Waals surface area contributed by atoms with Gasteiger partial charge in [0.2, 0.25) is 10.0 Å². The highest BCUT2D eigenvalue weighted by atomic mass is 32.2. The molecular weight excluding hydrogens is 504 g/mol. The van der Waals surface area contributed by atoms with Crippen molar-refractivity contribution in [2.24, 2.45) is 5.73 Å². The molecule has 10 heteroatoms. The molecular formula is C28H36N4O5S. The van der Waals surface area contributed by atoms with Gasteiger partial charge >= 0.3 is 0 Å². The first kappa shape index (κ1) is 29.0. The van der Waals surface area contributed by atoms with Gasteiger partial charge in [-0.2, -0.15) is 4.31 Å². The highest BCUT2D eigenvalue weighted by Gasteiger charge is 2.27. The maximum Gasteiger partial charge on any atom is 0.243 e. The van der Waals surface area contributed by atoms with Gasteiger partial charge in [0.15, 0.2) is 0 Å². The SMILES string of the molecule is COc1cc(CN(CC(O)CNc2ccc(C(=N)N)cc2)S(=O)(=O)c2ccc(C(C)C)cc2)cc(OC)c1. The third-order valence-corrected chi connectivity index (χ3v) is 7.93. The first-order valence-electron chi connectivity index (χ1n) is 12.2. The summed E-state index contributed by atoms with van der Waals surface area (Å²) in [5, 5.41) is 21.5. The number of anilines is 1. The fourth-order valence-corrected chi connectivity index (χ4v) is 5.35. The third kappa shape index (κ3) is 7.47. The molecule has 0 aliphatic rings. The lowest BCUT2D eigenvalue weighted by atomic mass is 10.0. The van der Waals surface area contributed by atoms with Crippen molar-refractivity contribution in [1.82, 2.24) is 4.31 Å². The molecule has 0 aliphatic heterocycles. The van der Waals surface area contributed by atoms with E-state index in [1.807, 2.05) is 26.0 Å². The maximum absolute atomic E-state index is 13.7. The van der Waals surface area contributed by atoms with Crippen LogP contribution in [0.4, 0.5) is 5.69 Å². The number of aliphatic hydroxyl groups is 1. The smallest absolute Gasteiger partial charge is 0.243 e. The largest absolute Gasteiger partial charge is 0.497 e. The number of benzene rings is 3. The highest BCUT2D eigenvalue weighted by molar-refractivity contribution is 7.89. The van der Waals surface area contributed by atoms with E-state index in [1.165, 1.54) is 18.5 Å². The van der Waals surface area contributed by atoms with E-state index in [0.29, 0.717) is 28.3 Å². The fourth-order valence-electron chi connectivity index (χ4n) is 3.89. The lowest BCUT2D eigenvalue weighted by Crippen LogP contribution is -2.39. The van der Waals surface area contributed by atoms with Crippen molar-refractivity contribution in [2.45, 2.75) is 37.3 Å². The van der Waals surface area contributed by atoms with Gasteiger partial charge in [0.1, 0.15) is 17.3 Å². The molecule has 38 heavy (non-hydrogen) atoms. The molecule has 0 aromatic heterocycles. The summed E-state index contributed by atoms with van der Waals surface area (Å²) in [6, 6.07) is 18.9. The van der Waals surface area contributed by atoms with E-state index in [1.54, 1.807) is 54.6 Å². The van der Waals surface area contributed by atoms with Crippen LogP contribution in [0.1, 0.15) is 36.5 Å². The van der Waals surface area contributed by atoms with E-state index in [-0.39, 0.29) is 36.3 Å². The average Bonchev–Trinajstić information content (AvgIpc) is 2.91. The third-order valence-electron chi connectivity index (χ3n) is 6.11. The Hall–Kier alpha value is -3.60. The van der Waals surface area contributed by atoms with Crippen LogP contribution in [0.25, 0.3) is 0 Å². The van der Waals surface area contributed by atoms with Gasteiger partial charge in [-0.3, -0.25) is 5.41 Å². The number of aliphatic hydroxyl groups excluding tert-OH is 1. The van der Waals surface area contributed by atoms with Crippen LogP contribution in [0.2, 0.25) is 0 Å². The van der Waals surface area contributed by atoms with Crippen LogP contribution in [-0.2, 0) is 16.6 Å². The number of ether oxygens (including phenoxy) is 2. The molecule has 0 radical (unpaired) electrons. The molecule has 3 rings (SSSR count). The monoisotopic (exact) mass is 540 g/mol. The Kier molecular flexibility index (Phi) is 9.73. The second-order valence-electron chi connectivity index (χ2n) is 9.27. The number of nitrogens with zero attached hydrogens (tertiary/aromatic N) is 1. The van der Waals surface area contributed by atoms with Crippen molar-refractivity contribution >= 4 is 21.5 Å². The van der Waals surface area contributed by atoms with Crippen molar-refractivity contribution in [2.75, 3.05) is 32.6 Å². The molecule has 0 bridgehead atoms. The molecule has 3 aromatic carbocycles. The Bertz CT molecular complexity index is 1300. The summed E-state index contributed by atoms with van der Waals surface area (Å²) in [5.74, 6) is 1.31. The van der Waals surface area contributed by atoms with Crippen LogP contribution >= 0.6 is 0 Å². The normalized spacial score (nSPS) is 12.4. The van der Waals surface area contributed by atoms with Gasteiger partial charge in [-0.05, 0) is 65.6 Å². The quantitative estimate of drug-likeness (QED) is 0.191. The minimum absolute atomic E-state index is 0.00614. The number of sulfonamides is 1. The second-order valence-corrected chi connectivity index (χ2v) is 11.2. The Morgan fingerprint density at radius 3 is 2.08 bits per heavy atom. The molecule has 0 amide bonds. The van der Waals surface area contributed by atoms with Gasteiger partial charge in [-0.15, -0.1) is 0 Å². The van der Waals surface area contributed by atoms with Crippen molar-refractivity contribution in [3.8, 4) is 11.5 Å². The number of nitrogen functional groups attached to an aromatic ring is 1. The lowest BCUT2D eigenvalue weighted by Gasteiger charge is -2.26. The van der Waals surface area contributed by atoms with E-state index >= 15 is 0 Å². The van der Waals surface area contributed by atoms with Gasteiger partial charge in [0.25, 0.3) is 0 Å². The maximum atomic E-state index is 13.7. The number of rotatable bonds is 13. The number of methoxy groups -OCH3 is 2. The summed E-state index contributed by atoms with van der Waals surface area (Å²) < 4.78 is 39.4. The Labute approximate surface area is 224 Å². The van der Waals surface area contributed by atoms with E-state index in [0.717, 1.165) is 5.56 Å². The van der Waals surface area contributed by atoms with Gasteiger partial charge in [-0.25, -0.2) is 8.42 Å². The van der Waals surface area contributed by atoms with E-state index in [9.17, 15) is 13.5 Å². The van der Waals surface area contributed by atoms with Crippen molar-refractivity contribution < 1.29 is 23.0 Å². The van der Waals surface area contributed by atoms with E-state index < -0.39 is 16.1 Å². The molecule has 0 fully saturated rings. The van der Waals surface area contributed by atoms with Crippen molar-refractivity contribution in [3.05, 3.63) is 83.4 Å². The number of amidine groups is 1. The molecule has 9 nitrogen and oxygen atoms in total. The van der Waals surface area contributed by atoms with Gasteiger partial charge < -0.3 is 25.6 Å². The van der Waals surface area contributed by atoms with Gasteiger partial charge in [0.05, 0.1) is 25.2 Å². The number of nitrogens with two attached hydrogens (primary N) is 1. The van der Waals surface area contributed by atoms with Crippen LogP contribution in [0.5, 0.6) is 11.5 Å². The molecule has 1 unspecified atom stereocenters. The molecule has 5 N–H and O–H groups in total. The Balaban J connectivity index is 1.85. The van der Waals surface area contributed by atoms with E-state index in [4.69, 9.17) is 20.6 Å². The minimum Gasteiger partial charge on any atom is -0.497 e. The molecule has 1 atom stereocenters. The summed E-state index contributed by atoms with van der Waals surface area (Å²) in [5.41, 5.74) is 8.49. The summed E-state index contributed by atoms with van der Waals surface area (Å²) in [4.78, 5) is 0.150. The molecule has 204 valence electrons. The summed E-state index contributed by atoms with van der Waals surface area (Å²) in [7, 11) is -0.889. The number of nitrogens with one attached hydrogen (secondary N) is 2. The molecule has 0 spiro atoms. The number of hydrogen-bond acceptors (Lipinski definition) is 7. The van der Waals surface area contributed by atoms with Gasteiger partial charge in [0, 0.05) is 37.0 Å². The first-order chi connectivity index (χ1) is 18.0. The molecule has 0 saturated heterocycles. The zero-order valence-electron chi connectivity index (χ0n) is 22.1. The van der Waals surface area contributed by atoms with Crippen LogP contribution in [0.3, 0.4) is 0 Å². The lowest BCUT2D eigenvalue weighted by molar-refractivity contribution is 0.155. The molecule has 0 heterocycles. The Morgan fingerprint density at radius 2 is 1.58 bits per heavy atom. The van der Waals surface area contributed by atoms with Crippen molar-refractivity contribution in [1.29, 1.82) is 5.41 Å². The minimum atomic E-state index is -3.95. The molecule has 3 aromatic rings. The van der Waals surface area contributed by atoms with E-state index in [2.05, 4.69) is 5.32 Å². The molecule has 0 aliphatic carbocycles. The summed E-state index contributed by atoms with van der Waals surface area (Å²) in [6.45, 7) is 4.06. The highest BCUT2D eigenvalue weighted by Crippen LogP contribution is 2.26. The van der Waals surface area contributed by atoms with Crippen LogP contribution < -0.4 is 20.5 Å². The fraction of sp³-hybridized carbons (Fsp3) is 0.321. The zero-order valence-corrected chi connectivity index (χ0v) is 23.0. The Morgan fingerprint density at radius 1 is 1.00 bits per heavy atom. The van der Waals surface area contributed by atoms with Gasteiger partial charge in [-0.1, -0.05) is 26.0 Å². The second kappa shape index (κ2) is 12.8. The summed E-state index contributed by atoms with van der Waals surface area (Å²) >= 11 is 0. The standard InChI is InChI=1S/C28H36N4O5S/c1-19(2)21-7-11-27(12-8-21)38(34,35)32(17-20-13-25(36-3)15-26(14-20)37-4)18-24(33)16-31-23-9-5-22(6-10-23)28(29)30/h5-15,19,24,31,33H,16-18H2,1-4H3,(H3,29,30). The van der Waals surface area contributed by atoms with Crippen LogP contribution in [-0.4, -0.2) is 57.1 Å². The average molecular weight is 541 g/mol.